The van der Waals surface area contributed by atoms with E-state index in [1.165, 1.54) is 5.56 Å². The Kier molecular flexibility index (Phi) is 6.50. The predicted molar refractivity (Wildman–Crippen MR) is 80.8 cm³/mol. The Labute approximate surface area is 115 Å². The quantitative estimate of drug-likeness (QED) is 0.468. The van der Waals surface area contributed by atoms with Gasteiger partial charge in [0, 0.05) is 13.6 Å². The molecule has 0 aromatic heterocycles. The van der Waals surface area contributed by atoms with Crippen molar-refractivity contribution in [3.63, 3.8) is 0 Å². The normalized spacial score (nSPS) is 12.7. The highest BCUT2D eigenvalue weighted by atomic mass is 16.5. The van der Waals surface area contributed by atoms with Crippen molar-refractivity contribution in [1.29, 1.82) is 0 Å². The summed E-state index contributed by atoms with van der Waals surface area (Å²) in [7, 11) is 1.74. The second kappa shape index (κ2) is 8.19. The Bertz CT molecular complexity index is 429. The second-order valence-electron chi connectivity index (χ2n) is 4.37. The van der Waals surface area contributed by atoms with E-state index in [4.69, 9.17) is 4.74 Å². The largest absolute Gasteiger partial charge is 0.489 e. The summed E-state index contributed by atoms with van der Waals surface area (Å²) in [6.07, 6.45) is 1.85. The number of nitrogens with one attached hydrogen (secondary N) is 2. The average molecular weight is 261 g/mol. The van der Waals surface area contributed by atoms with Gasteiger partial charge in [0.05, 0.1) is 6.54 Å². The lowest BCUT2D eigenvalue weighted by atomic mass is 10.2. The van der Waals surface area contributed by atoms with E-state index in [1.54, 1.807) is 13.1 Å². The molecule has 0 aliphatic heterocycles. The highest BCUT2D eigenvalue weighted by molar-refractivity contribution is 5.79. The van der Waals surface area contributed by atoms with Gasteiger partial charge in [-0.05, 0) is 31.5 Å². The van der Waals surface area contributed by atoms with Crippen LogP contribution in [-0.4, -0.2) is 32.2 Å². The molecule has 1 aromatic carbocycles. The first-order valence-electron chi connectivity index (χ1n) is 6.44. The van der Waals surface area contributed by atoms with Gasteiger partial charge in [-0.3, -0.25) is 4.99 Å². The van der Waals surface area contributed by atoms with Crippen molar-refractivity contribution in [2.24, 2.45) is 4.99 Å². The number of benzene rings is 1. The van der Waals surface area contributed by atoms with Crippen molar-refractivity contribution in [2.45, 2.75) is 20.0 Å². The fourth-order valence-corrected chi connectivity index (χ4v) is 1.59. The number of aryl methyl sites for hydroxylation is 1. The standard InChI is InChI=1S/C15H23N3O/c1-5-9-17-15(16-4)18-11-13(3)19-14-8-6-7-12(2)10-14/h5-8,10,13H,1,9,11H2,2-4H3,(H2,16,17,18). The zero-order chi connectivity index (χ0) is 14.1. The van der Waals surface area contributed by atoms with E-state index < -0.39 is 0 Å². The van der Waals surface area contributed by atoms with Crippen LogP contribution in [0.15, 0.2) is 41.9 Å². The molecule has 0 fully saturated rings. The second-order valence-corrected chi connectivity index (χ2v) is 4.37. The van der Waals surface area contributed by atoms with Gasteiger partial charge in [-0.15, -0.1) is 6.58 Å². The Morgan fingerprint density at radius 3 is 2.89 bits per heavy atom. The first-order chi connectivity index (χ1) is 9.15. The Morgan fingerprint density at radius 1 is 1.47 bits per heavy atom. The molecule has 0 aliphatic rings. The lowest BCUT2D eigenvalue weighted by Gasteiger charge is -2.17. The van der Waals surface area contributed by atoms with Crippen molar-refractivity contribution in [3.8, 4) is 5.75 Å². The minimum Gasteiger partial charge on any atom is -0.489 e. The fraction of sp³-hybridized carbons (Fsp3) is 0.400. The van der Waals surface area contributed by atoms with Crippen LogP contribution >= 0.6 is 0 Å². The first-order valence-corrected chi connectivity index (χ1v) is 6.44. The molecule has 19 heavy (non-hydrogen) atoms. The van der Waals surface area contributed by atoms with Crippen LogP contribution in [0.25, 0.3) is 0 Å². The maximum atomic E-state index is 5.83. The Hall–Kier alpha value is -1.97. The summed E-state index contributed by atoms with van der Waals surface area (Å²) in [5, 5.41) is 6.32. The highest BCUT2D eigenvalue weighted by Gasteiger charge is 2.05. The van der Waals surface area contributed by atoms with Gasteiger partial charge in [0.25, 0.3) is 0 Å². The number of nitrogens with zero attached hydrogens (tertiary/aromatic N) is 1. The summed E-state index contributed by atoms with van der Waals surface area (Å²) in [6, 6.07) is 8.04. The molecule has 0 saturated heterocycles. The molecule has 0 radical (unpaired) electrons. The number of ether oxygens (including phenoxy) is 1. The molecule has 0 amide bonds. The van der Waals surface area contributed by atoms with E-state index in [0.29, 0.717) is 13.1 Å². The predicted octanol–water partition coefficient (Wildman–Crippen LogP) is 2.11. The minimum absolute atomic E-state index is 0.0593. The molecule has 0 spiro atoms. The summed E-state index contributed by atoms with van der Waals surface area (Å²) in [5.74, 6) is 1.64. The van der Waals surface area contributed by atoms with Crippen molar-refractivity contribution in [1.82, 2.24) is 10.6 Å². The fourth-order valence-electron chi connectivity index (χ4n) is 1.59. The molecule has 4 heteroatoms. The Morgan fingerprint density at radius 2 is 2.26 bits per heavy atom. The zero-order valence-electron chi connectivity index (χ0n) is 11.9. The Balaban J connectivity index is 2.38. The zero-order valence-corrected chi connectivity index (χ0v) is 11.9. The molecule has 104 valence electrons. The lowest BCUT2D eigenvalue weighted by Crippen LogP contribution is -2.41. The van der Waals surface area contributed by atoms with Gasteiger partial charge in [0.2, 0.25) is 0 Å². The number of guanidine groups is 1. The summed E-state index contributed by atoms with van der Waals surface area (Å²) in [6.45, 7) is 9.11. The van der Waals surface area contributed by atoms with Crippen LogP contribution in [0.3, 0.4) is 0 Å². The molecule has 0 aliphatic carbocycles. The third-order valence-electron chi connectivity index (χ3n) is 2.52. The molecule has 2 N–H and O–H groups in total. The SMILES string of the molecule is C=CCNC(=NC)NCC(C)Oc1cccc(C)c1. The van der Waals surface area contributed by atoms with Crippen LogP contribution in [-0.2, 0) is 0 Å². The highest BCUT2D eigenvalue weighted by Crippen LogP contribution is 2.13. The molecular weight excluding hydrogens is 238 g/mol. The van der Waals surface area contributed by atoms with Gasteiger partial charge in [-0.25, -0.2) is 0 Å². The third-order valence-corrected chi connectivity index (χ3v) is 2.52. The topological polar surface area (TPSA) is 45.7 Å². The molecule has 0 heterocycles. The van der Waals surface area contributed by atoms with Crippen molar-refractivity contribution >= 4 is 5.96 Å². The maximum Gasteiger partial charge on any atom is 0.191 e. The van der Waals surface area contributed by atoms with Crippen LogP contribution in [0.5, 0.6) is 5.75 Å². The van der Waals surface area contributed by atoms with Gasteiger partial charge in [0.1, 0.15) is 11.9 Å². The average Bonchev–Trinajstić information content (AvgIpc) is 2.39. The van der Waals surface area contributed by atoms with Gasteiger partial charge in [-0.1, -0.05) is 18.2 Å². The molecule has 4 nitrogen and oxygen atoms in total. The van der Waals surface area contributed by atoms with Crippen molar-refractivity contribution in [2.75, 3.05) is 20.1 Å². The summed E-state index contributed by atoms with van der Waals surface area (Å²) >= 11 is 0. The van der Waals surface area contributed by atoms with E-state index in [9.17, 15) is 0 Å². The van der Waals surface area contributed by atoms with Gasteiger partial charge in [-0.2, -0.15) is 0 Å². The van der Waals surface area contributed by atoms with Gasteiger partial charge < -0.3 is 15.4 Å². The van der Waals surface area contributed by atoms with Gasteiger partial charge >= 0.3 is 0 Å². The van der Waals surface area contributed by atoms with E-state index >= 15 is 0 Å². The lowest BCUT2D eigenvalue weighted by molar-refractivity contribution is 0.224. The number of hydrogen-bond acceptors (Lipinski definition) is 2. The van der Waals surface area contributed by atoms with E-state index in [2.05, 4.69) is 35.2 Å². The number of aliphatic imine (C=N–C) groups is 1. The van der Waals surface area contributed by atoms with Gasteiger partial charge in [0.15, 0.2) is 5.96 Å². The number of rotatable bonds is 6. The van der Waals surface area contributed by atoms with E-state index in [1.807, 2.05) is 25.1 Å². The van der Waals surface area contributed by atoms with Crippen LogP contribution in [0.1, 0.15) is 12.5 Å². The van der Waals surface area contributed by atoms with Crippen LogP contribution in [0.2, 0.25) is 0 Å². The molecule has 1 atom stereocenters. The van der Waals surface area contributed by atoms with Crippen LogP contribution < -0.4 is 15.4 Å². The molecule has 0 bridgehead atoms. The van der Waals surface area contributed by atoms with Crippen LogP contribution in [0, 0.1) is 6.92 Å². The summed E-state index contributed by atoms with van der Waals surface area (Å²) in [4.78, 5) is 4.11. The summed E-state index contributed by atoms with van der Waals surface area (Å²) in [5.41, 5.74) is 1.20. The monoisotopic (exact) mass is 261 g/mol. The molecule has 1 aromatic rings. The van der Waals surface area contributed by atoms with Crippen LogP contribution in [0.4, 0.5) is 0 Å². The first kappa shape index (κ1) is 15.1. The van der Waals surface area contributed by atoms with E-state index in [-0.39, 0.29) is 6.10 Å². The number of hydrogen-bond donors (Lipinski definition) is 2. The van der Waals surface area contributed by atoms with Crippen molar-refractivity contribution in [3.05, 3.63) is 42.5 Å². The molecule has 1 rings (SSSR count). The molecular formula is C15H23N3O. The smallest absolute Gasteiger partial charge is 0.191 e. The summed E-state index contributed by atoms with van der Waals surface area (Å²) < 4.78 is 5.83. The van der Waals surface area contributed by atoms with Crippen molar-refractivity contribution < 1.29 is 4.74 Å². The minimum atomic E-state index is 0.0593. The molecule has 1 unspecified atom stereocenters. The molecule has 0 saturated carbocycles. The van der Waals surface area contributed by atoms with E-state index in [0.717, 1.165) is 11.7 Å². The maximum absolute atomic E-state index is 5.83. The third kappa shape index (κ3) is 5.95.